The van der Waals surface area contributed by atoms with E-state index in [0.717, 1.165) is 24.1 Å². The zero-order valence-electron chi connectivity index (χ0n) is 13.8. The Labute approximate surface area is 123 Å². The maximum absolute atomic E-state index is 10.5. The molecule has 0 heterocycles. The molecule has 1 rings (SSSR count). The molecule has 0 radical (unpaired) electrons. The molecule has 0 aliphatic heterocycles. The standard InChI is InChI=1S/C17H30N2O/c1-12-7-8-13(17(2,3)4)11-14(12)16(20)15(18)9-10-19(5)6/h7-8,11,15-16,20H,9-10,18H2,1-6H3. The molecule has 1 aromatic rings. The van der Waals surface area contributed by atoms with Crippen molar-refractivity contribution in [3.8, 4) is 0 Å². The van der Waals surface area contributed by atoms with Gasteiger partial charge in [0.2, 0.25) is 0 Å². The quantitative estimate of drug-likeness (QED) is 0.870. The van der Waals surface area contributed by atoms with E-state index in [0.29, 0.717) is 0 Å². The summed E-state index contributed by atoms with van der Waals surface area (Å²) in [7, 11) is 4.04. The summed E-state index contributed by atoms with van der Waals surface area (Å²) in [5.41, 5.74) is 9.53. The fourth-order valence-electron chi connectivity index (χ4n) is 2.22. The fourth-order valence-corrected chi connectivity index (χ4v) is 2.22. The number of aliphatic hydroxyl groups excluding tert-OH is 1. The normalized spacial score (nSPS) is 15.4. The summed E-state index contributed by atoms with van der Waals surface area (Å²) >= 11 is 0. The Kier molecular flexibility index (Phi) is 5.75. The van der Waals surface area contributed by atoms with Gasteiger partial charge in [-0.3, -0.25) is 0 Å². The van der Waals surface area contributed by atoms with Gasteiger partial charge in [-0.15, -0.1) is 0 Å². The highest BCUT2D eigenvalue weighted by atomic mass is 16.3. The second-order valence-corrected chi connectivity index (χ2v) is 7.02. The molecule has 3 nitrogen and oxygen atoms in total. The molecule has 0 aromatic heterocycles. The fraction of sp³-hybridized carbons (Fsp3) is 0.647. The van der Waals surface area contributed by atoms with Gasteiger partial charge >= 0.3 is 0 Å². The molecule has 114 valence electrons. The smallest absolute Gasteiger partial charge is 0.0944 e. The number of nitrogens with zero attached hydrogens (tertiary/aromatic N) is 1. The lowest BCUT2D eigenvalue weighted by Crippen LogP contribution is -2.32. The third-order valence-corrected chi connectivity index (χ3v) is 3.78. The van der Waals surface area contributed by atoms with E-state index in [4.69, 9.17) is 5.73 Å². The van der Waals surface area contributed by atoms with Crippen LogP contribution in [0.2, 0.25) is 0 Å². The summed E-state index contributed by atoms with van der Waals surface area (Å²) in [6.07, 6.45) is 0.185. The number of hydrogen-bond donors (Lipinski definition) is 2. The number of nitrogens with two attached hydrogens (primary N) is 1. The van der Waals surface area contributed by atoms with Crippen LogP contribution < -0.4 is 5.73 Å². The minimum Gasteiger partial charge on any atom is -0.387 e. The molecule has 0 amide bonds. The topological polar surface area (TPSA) is 49.5 Å². The van der Waals surface area contributed by atoms with Crippen molar-refractivity contribution in [2.75, 3.05) is 20.6 Å². The van der Waals surface area contributed by atoms with Crippen molar-refractivity contribution in [3.05, 3.63) is 34.9 Å². The molecule has 0 spiro atoms. The molecular formula is C17H30N2O. The Morgan fingerprint density at radius 2 is 1.85 bits per heavy atom. The Balaban J connectivity index is 2.94. The van der Waals surface area contributed by atoms with E-state index in [1.165, 1.54) is 5.56 Å². The van der Waals surface area contributed by atoms with E-state index in [2.05, 4.69) is 43.9 Å². The lowest BCUT2D eigenvalue weighted by molar-refractivity contribution is 0.137. The third-order valence-electron chi connectivity index (χ3n) is 3.78. The van der Waals surface area contributed by atoms with Gasteiger partial charge in [0.25, 0.3) is 0 Å². The zero-order chi connectivity index (χ0) is 15.5. The molecule has 0 fully saturated rings. The summed E-state index contributed by atoms with van der Waals surface area (Å²) < 4.78 is 0. The van der Waals surface area contributed by atoms with Crippen LogP contribution in [0.4, 0.5) is 0 Å². The van der Waals surface area contributed by atoms with Crippen LogP contribution in [0.1, 0.15) is 50.0 Å². The number of aryl methyl sites for hydroxylation is 1. The highest BCUT2D eigenvalue weighted by Crippen LogP contribution is 2.28. The van der Waals surface area contributed by atoms with Crippen LogP contribution >= 0.6 is 0 Å². The summed E-state index contributed by atoms with van der Waals surface area (Å²) in [5.74, 6) is 0. The van der Waals surface area contributed by atoms with Crippen molar-refractivity contribution in [2.24, 2.45) is 5.73 Å². The number of rotatable bonds is 5. The summed E-state index contributed by atoms with van der Waals surface area (Å²) in [4.78, 5) is 2.09. The maximum Gasteiger partial charge on any atom is 0.0944 e. The highest BCUT2D eigenvalue weighted by Gasteiger charge is 2.21. The second-order valence-electron chi connectivity index (χ2n) is 7.02. The molecule has 0 bridgehead atoms. The second kappa shape index (κ2) is 6.70. The van der Waals surface area contributed by atoms with Crippen LogP contribution in [0, 0.1) is 6.92 Å². The Morgan fingerprint density at radius 3 is 2.35 bits per heavy atom. The average molecular weight is 278 g/mol. The molecule has 3 heteroatoms. The zero-order valence-corrected chi connectivity index (χ0v) is 13.8. The van der Waals surface area contributed by atoms with E-state index in [-0.39, 0.29) is 11.5 Å². The van der Waals surface area contributed by atoms with E-state index in [1.807, 2.05) is 21.0 Å². The van der Waals surface area contributed by atoms with E-state index in [1.54, 1.807) is 0 Å². The van der Waals surface area contributed by atoms with Crippen molar-refractivity contribution >= 4 is 0 Å². The van der Waals surface area contributed by atoms with Crippen molar-refractivity contribution in [1.29, 1.82) is 0 Å². The van der Waals surface area contributed by atoms with Crippen molar-refractivity contribution in [3.63, 3.8) is 0 Å². The van der Waals surface area contributed by atoms with Gasteiger partial charge in [0.1, 0.15) is 0 Å². The number of benzene rings is 1. The monoisotopic (exact) mass is 278 g/mol. The van der Waals surface area contributed by atoms with Crippen LogP contribution in [-0.2, 0) is 5.41 Å². The average Bonchev–Trinajstić information content (AvgIpc) is 2.34. The predicted octanol–water partition coefficient (Wildman–Crippen LogP) is 2.60. The minimum absolute atomic E-state index is 0.0793. The first-order valence-corrected chi connectivity index (χ1v) is 7.32. The van der Waals surface area contributed by atoms with E-state index < -0.39 is 6.10 Å². The summed E-state index contributed by atoms with van der Waals surface area (Å²) in [6, 6.07) is 6.09. The van der Waals surface area contributed by atoms with Crippen molar-refractivity contribution in [1.82, 2.24) is 4.90 Å². The van der Waals surface area contributed by atoms with Gasteiger partial charge in [-0.05, 0) is 56.1 Å². The SMILES string of the molecule is Cc1ccc(C(C)(C)C)cc1C(O)C(N)CCN(C)C. The van der Waals surface area contributed by atoms with Crippen LogP contribution in [0.15, 0.2) is 18.2 Å². The minimum atomic E-state index is -0.600. The number of aliphatic hydroxyl groups is 1. The first-order chi connectivity index (χ1) is 9.12. The molecular weight excluding hydrogens is 248 g/mol. The first-order valence-electron chi connectivity index (χ1n) is 7.32. The molecule has 20 heavy (non-hydrogen) atoms. The van der Waals surface area contributed by atoms with Crippen LogP contribution in [0.5, 0.6) is 0 Å². The van der Waals surface area contributed by atoms with Gasteiger partial charge in [0, 0.05) is 6.04 Å². The van der Waals surface area contributed by atoms with Crippen molar-refractivity contribution in [2.45, 2.75) is 51.7 Å². The molecule has 0 saturated carbocycles. The lowest BCUT2D eigenvalue weighted by Gasteiger charge is -2.25. The summed E-state index contributed by atoms with van der Waals surface area (Å²) in [5, 5.41) is 10.5. The van der Waals surface area contributed by atoms with E-state index in [9.17, 15) is 5.11 Å². The first kappa shape index (κ1) is 17.2. The van der Waals surface area contributed by atoms with E-state index >= 15 is 0 Å². The highest BCUT2D eigenvalue weighted by molar-refractivity contribution is 5.36. The molecule has 2 unspecified atom stereocenters. The Bertz CT molecular complexity index is 435. The lowest BCUT2D eigenvalue weighted by atomic mass is 9.83. The molecule has 0 aliphatic rings. The Morgan fingerprint density at radius 1 is 1.25 bits per heavy atom. The van der Waals surface area contributed by atoms with Crippen LogP contribution in [0.25, 0.3) is 0 Å². The Hall–Kier alpha value is -0.900. The maximum atomic E-state index is 10.5. The molecule has 3 N–H and O–H groups in total. The molecule has 0 aliphatic carbocycles. The predicted molar refractivity (Wildman–Crippen MR) is 86.0 cm³/mol. The molecule has 0 saturated heterocycles. The van der Waals surface area contributed by atoms with Gasteiger partial charge in [-0.2, -0.15) is 0 Å². The molecule has 2 atom stereocenters. The largest absolute Gasteiger partial charge is 0.387 e. The summed E-state index contributed by atoms with van der Waals surface area (Å²) in [6.45, 7) is 9.46. The van der Waals surface area contributed by atoms with Crippen LogP contribution in [0.3, 0.4) is 0 Å². The molecule has 1 aromatic carbocycles. The number of hydrogen-bond acceptors (Lipinski definition) is 3. The van der Waals surface area contributed by atoms with Gasteiger partial charge < -0.3 is 15.7 Å². The van der Waals surface area contributed by atoms with Crippen LogP contribution in [-0.4, -0.2) is 36.7 Å². The van der Waals surface area contributed by atoms with Gasteiger partial charge in [-0.25, -0.2) is 0 Å². The van der Waals surface area contributed by atoms with Gasteiger partial charge in [-0.1, -0.05) is 39.0 Å². The van der Waals surface area contributed by atoms with Gasteiger partial charge in [0.05, 0.1) is 6.10 Å². The third kappa shape index (κ3) is 4.58. The van der Waals surface area contributed by atoms with Gasteiger partial charge in [0.15, 0.2) is 0 Å². The van der Waals surface area contributed by atoms with Crippen molar-refractivity contribution < 1.29 is 5.11 Å².